The summed E-state index contributed by atoms with van der Waals surface area (Å²) in [5.74, 6) is -2.14. The highest BCUT2D eigenvalue weighted by Crippen LogP contribution is 2.33. The lowest BCUT2D eigenvalue weighted by Crippen LogP contribution is -2.11. The first-order chi connectivity index (χ1) is 9.70. The van der Waals surface area contributed by atoms with Crippen molar-refractivity contribution in [1.82, 2.24) is 0 Å². The van der Waals surface area contributed by atoms with E-state index < -0.39 is 23.3 Å². The van der Waals surface area contributed by atoms with Crippen molar-refractivity contribution in [3.05, 3.63) is 68.4 Å². The fourth-order valence-electron chi connectivity index (χ4n) is 1.71. The van der Waals surface area contributed by atoms with Gasteiger partial charge in [0.05, 0.1) is 10.6 Å². The second-order valence-corrected chi connectivity index (χ2v) is 5.47. The van der Waals surface area contributed by atoms with E-state index >= 15 is 0 Å². The maximum Gasteiger partial charge on any atom is 0.419 e. The Bertz CT molecular complexity index is 713. The molecule has 0 spiro atoms. The number of alkyl halides is 3. The van der Waals surface area contributed by atoms with Crippen LogP contribution < -0.4 is 0 Å². The molecule has 0 saturated carbocycles. The lowest BCUT2D eigenvalue weighted by molar-refractivity contribution is -0.140. The molecule has 0 aromatic heterocycles. The standard InChI is InChI=1S/C14H6BrClF4O/c15-8-2-3-9(11(16)6-8)13(21)7-1-4-12(17)10(5-7)14(18,19)20/h1-6H. The van der Waals surface area contributed by atoms with Gasteiger partial charge in [0.1, 0.15) is 5.82 Å². The molecule has 0 saturated heterocycles. The second kappa shape index (κ2) is 5.77. The van der Waals surface area contributed by atoms with E-state index in [2.05, 4.69) is 15.9 Å². The first-order valence-electron chi connectivity index (χ1n) is 5.56. The zero-order valence-electron chi connectivity index (χ0n) is 10.1. The van der Waals surface area contributed by atoms with Gasteiger partial charge in [0.15, 0.2) is 5.78 Å². The quantitative estimate of drug-likeness (QED) is 0.496. The van der Waals surface area contributed by atoms with Gasteiger partial charge in [-0.3, -0.25) is 4.79 Å². The Balaban J connectivity index is 2.49. The Hall–Kier alpha value is -1.40. The highest BCUT2D eigenvalue weighted by Gasteiger charge is 2.34. The molecule has 2 rings (SSSR count). The number of carbonyl (C=O) groups is 1. The average Bonchev–Trinajstić information content (AvgIpc) is 2.37. The summed E-state index contributed by atoms with van der Waals surface area (Å²) < 4.78 is 51.8. The Morgan fingerprint density at radius 3 is 2.33 bits per heavy atom. The van der Waals surface area contributed by atoms with E-state index in [1.165, 1.54) is 18.2 Å². The molecule has 0 bridgehead atoms. The number of ketones is 1. The molecule has 0 fully saturated rings. The van der Waals surface area contributed by atoms with Crippen molar-refractivity contribution in [2.45, 2.75) is 6.18 Å². The van der Waals surface area contributed by atoms with Crippen LogP contribution in [0, 0.1) is 5.82 Å². The van der Waals surface area contributed by atoms with E-state index in [9.17, 15) is 22.4 Å². The van der Waals surface area contributed by atoms with Gasteiger partial charge in [0.2, 0.25) is 0 Å². The summed E-state index contributed by atoms with van der Waals surface area (Å²) in [5.41, 5.74) is -1.73. The van der Waals surface area contributed by atoms with Gasteiger partial charge in [-0.25, -0.2) is 4.39 Å². The summed E-state index contributed by atoms with van der Waals surface area (Å²) >= 11 is 9.04. The summed E-state index contributed by atoms with van der Waals surface area (Å²) in [6.45, 7) is 0. The number of hydrogen-bond acceptors (Lipinski definition) is 1. The van der Waals surface area contributed by atoms with Crippen molar-refractivity contribution in [3.8, 4) is 0 Å². The molecule has 110 valence electrons. The molecule has 0 amide bonds. The topological polar surface area (TPSA) is 17.1 Å². The van der Waals surface area contributed by atoms with Gasteiger partial charge in [0.25, 0.3) is 0 Å². The van der Waals surface area contributed by atoms with Crippen molar-refractivity contribution in [2.75, 3.05) is 0 Å². The third kappa shape index (κ3) is 3.44. The molecule has 2 aromatic carbocycles. The first kappa shape index (κ1) is 16.0. The van der Waals surface area contributed by atoms with Crippen LogP contribution in [0.1, 0.15) is 21.5 Å². The summed E-state index contributed by atoms with van der Waals surface area (Å²) in [6, 6.07) is 6.45. The molecule has 7 heteroatoms. The maximum absolute atomic E-state index is 13.2. The highest BCUT2D eigenvalue weighted by molar-refractivity contribution is 9.10. The van der Waals surface area contributed by atoms with Crippen LogP contribution in [-0.4, -0.2) is 5.78 Å². The predicted octanol–water partition coefficient (Wildman–Crippen LogP) is 5.49. The van der Waals surface area contributed by atoms with Crippen molar-refractivity contribution in [2.24, 2.45) is 0 Å². The maximum atomic E-state index is 13.2. The lowest BCUT2D eigenvalue weighted by Gasteiger charge is -2.10. The van der Waals surface area contributed by atoms with E-state index in [-0.39, 0.29) is 16.1 Å². The van der Waals surface area contributed by atoms with Gasteiger partial charge in [-0.2, -0.15) is 13.2 Å². The number of carbonyl (C=O) groups excluding carboxylic acids is 1. The molecule has 0 aliphatic rings. The Labute approximate surface area is 130 Å². The molecule has 2 aromatic rings. The van der Waals surface area contributed by atoms with Crippen LogP contribution in [0.4, 0.5) is 17.6 Å². The molecule has 0 aliphatic carbocycles. The molecule has 21 heavy (non-hydrogen) atoms. The van der Waals surface area contributed by atoms with Crippen molar-refractivity contribution >= 4 is 33.3 Å². The highest BCUT2D eigenvalue weighted by atomic mass is 79.9. The van der Waals surface area contributed by atoms with Gasteiger partial charge < -0.3 is 0 Å². The van der Waals surface area contributed by atoms with Gasteiger partial charge in [0, 0.05) is 15.6 Å². The van der Waals surface area contributed by atoms with Crippen LogP contribution in [0.15, 0.2) is 40.9 Å². The fraction of sp³-hybridized carbons (Fsp3) is 0.0714. The number of halogens is 6. The molecule has 1 nitrogen and oxygen atoms in total. The van der Waals surface area contributed by atoms with E-state index in [0.717, 1.165) is 6.07 Å². The van der Waals surface area contributed by atoms with E-state index in [1.807, 2.05) is 0 Å². The summed E-state index contributed by atoms with van der Waals surface area (Å²) in [4.78, 5) is 12.2. The third-order valence-corrected chi connectivity index (χ3v) is 3.52. The zero-order chi connectivity index (χ0) is 15.8. The molecular formula is C14H6BrClF4O. The van der Waals surface area contributed by atoms with Crippen LogP contribution >= 0.6 is 27.5 Å². The van der Waals surface area contributed by atoms with E-state index in [0.29, 0.717) is 16.6 Å². The fourth-order valence-corrected chi connectivity index (χ4v) is 2.47. The molecule has 0 aliphatic heterocycles. The summed E-state index contributed by atoms with van der Waals surface area (Å²) in [5, 5.41) is 0.0901. The first-order valence-corrected chi connectivity index (χ1v) is 6.74. The smallest absolute Gasteiger partial charge is 0.289 e. The largest absolute Gasteiger partial charge is 0.419 e. The molecular weight excluding hydrogens is 376 g/mol. The van der Waals surface area contributed by atoms with Gasteiger partial charge in [-0.1, -0.05) is 27.5 Å². The Morgan fingerprint density at radius 2 is 1.76 bits per heavy atom. The molecule has 0 atom stereocenters. The molecule has 0 unspecified atom stereocenters. The van der Waals surface area contributed by atoms with Gasteiger partial charge >= 0.3 is 6.18 Å². The molecule has 0 N–H and O–H groups in total. The summed E-state index contributed by atoms with van der Waals surface area (Å²) in [7, 11) is 0. The summed E-state index contributed by atoms with van der Waals surface area (Å²) in [6.07, 6.45) is -4.87. The molecule has 0 radical (unpaired) electrons. The zero-order valence-corrected chi connectivity index (χ0v) is 12.5. The van der Waals surface area contributed by atoms with E-state index in [1.54, 1.807) is 0 Å². The van der Waals surface area contributed by atoms with Crippen LogP contribution in [0.25, 0.3) is 0 Å². The molecule has 0 heterocycles. The monoisotopic (exact) mass is 380 g/mol. The third-order valence-electron chi connectivity index (χ3n) is 2.71. The average molecular weight is 382 g/mol. The van der Waals surface area contributed by atoms with E-state index in [4.69, 9.17) is 11.6 Å². The van der Waals surface area contributed by atoms with Crippen LogP contribution in [-0.2, 0) is 6.18 Å². The predicted molar refractivity (Wildman–Crippen MR) is 74.0 cm³/mol. The van der Waals surface area contributed by atoms with Crippen molar-refractivity contribution in [3.63, 3.8) is 0 Å². The second-order valence-electron chi connectivity index (χ2n) is 4.15. The number of hydrogen-bond donors (Lipinski definition) is 0. The van der Waals surface area contributed by atoms with Crippen LogP contribution in [0.5, 0.6) is 0 Å². The van der Waals surface area contributed by atoms with Crippen molar-refractivity contribution < 1.29 is 22.4 Å². The van der Waals surface area contributed by atoms with Gasteiger partial charge in [-0.15, -0.1) is 0 Å². The number of benzene rings is 2. The minimum Gasteiger partial charge on any atom is -0.289 e. The normalized spacial score (nSPS) is 11.5. The van der Waals surface area contributed by atoms with Crippen LogP contribution in [0.2, 0.25) is 5.02 Å². The minimum atomic E-state index is -4.87. The Kier molecular flexibility index (Phi) is 4.39. The Morgan fingerprint density at radius 1 is 1.10 bits per heavy atom. The van der Waals surface area contributed by atoms with Crippen molar-refractivity contribution in [1.29, 1.82) is 0 Å². The SMILES string of the molecule is O=C(c1ccc(F)c(C(F)(F)F)c1)c1ccc(Br)cc1Cl. The van der Waals surface area contributed by atoms with Gasteiger partial charge in [-0.05, 0) is 36.4 Å². The number of rotatable bonds is 2. The van der Waals surface area contributed by atoms with Crippen LogP contribution in [0.3, 0.4) is 0 Å². The minimum absolute atomic E-state index is 0.0413. The lowest BCUT2D eigenvalue weighted by atomic mass is 10.0.